The van der Waals surface area contributed by atoms with E-state index in [-0.39, 0.29) is 6.10 Å². The number of ether oxygens (including phenoxy) is 1. The molecule has 0 aliphatic carbocycles. The third-order valence-electron chi connectivity index (χ3n) is 2.63. The van der Waals surface area contributed by atoms with Gasteiger partial charge in [-0.3, -0.25) is 0 Å². The number of nitrogens with zero attached hydrogens (tertiary/aromatic N) is 1. The molecule has 0 saturated carbocycles. The highest BCUT2D eigenvalue weighted by atomic mass is 16.5. The normalized spacial score (nSPS) is 10.5. The van der Waals surface area contributed by atoms with E-state index in [1.54, 1.807) is 6.20 Å². The predicted molar refractivity (Wildman–Crippen MR) is 78.2 cm³/mol. The first-order valence-electron chi connectivity index (χ1n) is 6.35. The van der Waals surface area contributed by atoms with Crippen molar-refractivity contribution in [2.24, 2.45) is 0 Å². The largest absolute Gasteiger partial charge is 0.475 e. The summed E-state index contributed by atoms with van der Waals surface area (Å²) in [5, 5.41) is 3.30. The molecule has 0 atom stereocenters. The number of aromatic nitrogens is 1. The topological polar surface area (TPSA) is 60.2 Å². The van der Waals surface area contributed by atoms with E-state index in [4.69, 9.17) is 10.5 Å². The van der Waals surface area contributed by atoms with Gasteiger partial charge in [0.2, 0.25) is 5.88 Å². The van der Waals surface area contributed by atoms with Crippen LogP contribution in [0.15, 0.2) is 42.6 Å². The van der Waals surface area contributed by atoms with E-state index < -0.39 is 0 Å². The molecule has 0 fully saturated rings. The van der Waals surface area contributed by atoms with Crippen molar-refractivity contribution in [1.29, 1.82) is 0 Å². The van der Waals surface area contributed by atoms with Gasteiger partial charge in [-0.25, -0.2) is 4.98 Å². The van der Waals surface area contributed by atoms with Crippen LogP contribution in [0.25, 0.3) is 0 Å². The highest BCUT2D eigenvalue weighted by molar-refractivity contribution is 5.65. The summed E-state index contributed by atoms with van der Waals surface area (Å²) in [6.45, 7) is 4.60. The lowest BCUT2D eigenvalue weighted by Gasteiger charge is -2.14. The van der Waals surface area contributed by atoms with Gasteiger partial charge in [0.1, 0.15) is 0 Å². The number of nitrogens with two attached hydrogens (primary N) is 1. The van der Waals surface area contributed by atoms with Gasteiger partial charge < -0.3 is 15.8 Å². The van der Waals surface area contributed by atoms with Crippen LogP contribution in [0, 0.1) is 0 Å². The first-order chi connectivity index (χ1) is 9.16. The number of benzene rings is 1. The molecule has 100 valence electrons. The van der Waals surface area contributed by atoms with Crippen molar-refractivity contribution in [3.05, 3.63) is 48.2 Å². The minimum absolute atomic E-state index is 0.107. The fourth-order valence-corrected chi connectivity index (χ4v) is 1.74. The zero-order valence-electron chi connectivity index (χ0n) is 11.3. The maximum absolute atomic E-state index is 5.89. The fraction of sp³-hybridized carbons (Fsp3) is 0.267. The second-order valence-electron chi connectivity index (χ2n) is 4.58. The highest BCUT2D eigenvalue weighted by Gasteiger charge is 2.07. The summed E-state index contributed by atoms with van der Waals surface area (Å²) >= 11 is 0. The van der Waals surface area contributed by atoms with Crippen LogP contribution in [0.3, 0.4) is 0 Å². The Hall–Kier alpha value is -2.23. The lowest BCUT2D eigenvalue weighted by atomic mass is 10.2. The van der Waals surface area contributed by atoms with Gasteiger partial charge in [-0.15, -0.1) is 0 Å². The molecule has 1 aromatic carbocycles. The number of anilines is 2. The van der Waals surface area contributed by atoms with Gasteiger partial charge in [0, 0.05) is 18.3 Å². The minimum Gasteiger partial charge on any atom is -0.475 e. The van der Waals surface area contributed by atoms with Crippen molar-refractivity contribution in [2.75, 3.05) is 11.1 Å². The summed E-state index contributed by atoms with van der Waals surface area (Å²) in [6.07, 6.45) is 1.84. The van der Waals surface area contributed by atoms with Crippen molar-refractivity contribution in [2.45, 2.75) is 26.5 Å². The lowest BCUT2D eigenvalue weighted by Crippen LogP contribution is -2.11. The molecule has 0 aliphatic heterocycles. The summed E-state index contributed by atoms with van der Waals surface area (Å²) < 4.78 is 5.68. The van der Waals surface area contributed by atoms with Crippen LogP contribution in [0.1, 0.15) is 19.4 Å². The maximum atomic E-state index is 5.89. The first kappa shape index (κ1) is 13.2. The summed E-state index contributed by atoms with van der Waals surface area (Å²) in [5.41, 5.74) is 8.56. The van der Waals surface area contributed by atoms with Crippen molar-refractivity contribution < 1.29 is 4.74 Å². The quantitative estimate of drug-likeness (QED) is 0.808. The average Bonchev–Trinajstić information content (AvgIpc) is 2.39. The molecule has 2 aromatic rings. The van der Waals surface area contributed by atoms with Crippen LogP contribution in [-0.2, 0) is 6.54 Å². The number of hydrogen-bond acceptors (Lipinski definition) is 4. The third-order valence-corrected chi connectivity index (χ3v) is 2.63. The minimum atomic E-state index is 0.107. The van der Waals surface area contributed by atoms with Gasteiger partial charge in [0.15, 0.2) is 0 Å². The van der Waals surface area contributed by atoms with Crippen LogP contribution >= 0.6 is 0 Å². The standard InChI is InChI=1S/C15H19N3O/c1-11(2)19-15-12(6-5-9-17-15)10-18-14-8-4-3-7-13(14)16/h3-9,11,18H,10,16H2,1-2H3. The number of para-hydroxylation sites is 2. The molecule has 19 heavy (non-hydrogen) atoms. The van der Waals surface area contributed by atoms with Gasteiger partial charge in [-0.05, 0) is 32.0 Å². The summed E-state index contributed by atoms with van der Waals surface area (Å²) in [5.74, 6) is 0.666. The van der Waals surface area contributed by atoms with E-state index in [0.717, 1.165) is 16.9 Å². The number of pyridine rings is 1. The van der Waals surface area contributed by atoms with Gasteiger partial charge in [-0.1, -0.05) is 18.2 Å². The summed E-state index contributed by atoms with van der Waals surface area (Å²) in [6, 6.07) is 11.6. The summed E-state index contributed by atoms with van der Waals surface area (Å²) in [7, 11) is 0. The predicted octanol–water partition coefficient (Wildman–Crippen LogP) is 3.06. The Morgan fingerprint density at radius 1 is 1.21 bits per heavy atom. The maximum Gasteiger partial charge on any atom is 0.218 e. The smallest absolute Gasteiger partial charge is 0.218 e. The highest BCUT2D eigenvalue weighted by Crippen LogP contribution is 2.21. The SMILES string of the molecule is CC(C)Oc1ncccc1CNc1ccccc1N. The number of rotatable bonds is 5. The molecule has 2 rings (SSSR count). The molecule has 0 radical (unpaired) electrons. The van der Waals surface area contributed by atoms with E-state index in [9.17, 15) is 0 Å². The zero-order valence-corrected chi connectivity index (χ0v) is 11.3. The van der Waals surface area contributed by atoms with Crippen LogP contribution in [0.2, 0.25) is 0 Å². The van der Waals surface area contributed by atoms with Crippen LogP contribution in [0.4, 0.5) is 11.4 Å². The zero-order chi connectivity index (χ0) is 13.7. The van der Waals surface area contributed by atoms with E-state index >= 15 is 0 Å². The van der Waals surface area contributed by atoms with Crippen molar-refractivity contribution >= 4 is 11.4 Å². The Bertz CT molecular complexity index is 540. The molecule has 0 aliphatic rings. The molecule has 0 amide bonds. The molecule has 0 bridgehead atoms. The first-order valence-corrected chi connectivity index (χ1v) is 6.35. The lowest BCUT2D eigenvalue weighted by molar-refractivity contribution is 0.230. The van der Waals surface area contributed by atoms with Crippen LogP contribution < -0.4 is 15.8 Å². The number of nitrogen functional groups attached to an aromatic ring is 1. The van der Waals surface area contributed by atoms with Crippen molar-refractivity contribution in [1.82, 2.24) is 4.98 Å². The Kier molecular flexibility index (Phi) is 4.23. The van der Waals surface area contributed by atoms with Crippen molar-refractivity contribution in [3.63, 3.8) is 0 Å². The van der Waals surface area contributed by atoms with Gasteiger partial charge in [-0.2, -0.15) is 0 Å². The number of nitrogens with one attached hydrogen (secondary N) is 1. The Morgan fingerprint density at radius 3 is 2.74 bits per heavy atom. The van der Waals surface area contributed by atoms with E-state index in [1.165, 1.54) is 0 Å². The molecule has 4 heteroatoms. The second-order valence-corrected chi connectivity index (χ2v) is 4.58. The molecule has 3 N–H and O–H groups in total. The van der Waals surface area contributed by atoms with E-state index in [1.807, 2.05) is 50.2 Å². The van der Waals surface area contributed by atoms with Crippen LogP contribution in [0.5, 0.6) is 5.88 Å². The van der Waals surface area contributed by atoms with Crippen LogP contribution in [-0.4, -0.2) is 11.1 Å². The molecule has 0 saturated heterocycles. The second kappa shape index (κ2) is 6.09. The van der Waals surface area contributed by atoms with E-state index in [0.29, 0.717) is 12.4 Å². The molecule has 4 nitrogen and oxygen atoms in total. The molecule has 0 unspecified atom stereocenters. The Balaban J connectivity index is 2.09. The van der Waals surface area contributed by atoms with Gasteiger partial charge in [0.25, 0.3) is 0 Å². The van der Waals surface area contributed by atoms with Gasteiger partial charge >= 0.3 is 0 Å². The summed E-state index contributed by atoms with van der Waals surface area (Å²) in [4.78, 5) is 4.26. The Morgan fingerprint density at radius 2 is 2.00 bits per heavy atom. The molecular formula is C15H19N3O. The molecule has 1 aromatic heterocycles. The molecule has 1 heterocycles. The van der Waals surface area contributed by atoms with Gasteiger partial charge in [0.05, 0.1) is 17.5 Å². The molecular weight excluding hydrogens is 238 g/mol. The number of hydrogen-bond donors (Lipinski definition) is 2. The third kappa shape index (κ3) is 3.61. The monoisotopic (exact) mass is 257 g/mol. The van der Waals surface area contributed by atoms with E-state index in [2.05, 4.69) is 10.3 Å². The van der Waals surface area contributed by atoms with Crippen molar-refractivity contribution in [3.8, 4) is 5.88 Å². The molecule has 0 spiro atoms. The Labute approximate surface area is 113 Å². The average molecular weight is 257 g/mol. The fourth-order valence-electron chi connectivity index (χ4n) is 1.74.